The van der Waals surface area contributed by atoms with Gasteiger partial charge in [-0.1, -0.05) is 12.1 Å². The SMILES string of the molecule is O=C(CF)Nc1ccc(C2=NNC(=O)C3CC23)cc1. The van der Waals surface area contributed by atoms with Crippen LogP contribution in [0.5, 0.6) is 0 Å². The van der Waals surface area contributed by atoms with Crippen LogP contribution >= 0.6 is 0 Å². The van der Waals surface area contributed by atoms with Crippen molar-refractivity contribution in [2.24, 2.45) is 16.9 Å². The number of carbonyl (C=O) groups is 2. The normalized spacial score (nSPS) is 24.1. The average Bonchev–Trinajstić information content (AvgIpc) is 3.21. The minimum atomic E-state index is -1.04. The number of fused-ring (bicyclic) bond motifs is 1. The van der Waals surface area contributed by atoms with Crippen molar-refractivity contribution in [1.82, 2.24) is 5.43 Å². The van der Waals surface area contributed by atoms with Gasteiger partial charge in [-0.25, -0.2) is 9.82 Å². The molecule has 1 aromatic carbocycles. The highest BCUT2D eigenvalue weighted by Gasteiger charge is 2.49. The van der Waals surface area contributed by atoms with E-state index < -0.39 is 12.6 Å². The Morgan fingerprint density at radius 3 is 2.79 bits per heavy atom. The summed E-state index contributed by atoms with van der Waals surface area (Å²) in [6, 6.07) is 7.00. The van der Waals surface area contributed by atoms with Crippen molar-refractivity contribution in [2.75, 3.05) is 12.0 Å². The number of nitrogens with one attached hydrogen (secondary N) is 2. The molecule has 2 N–H and O–H groups in total. The molecule has 3 rings (SSSR count). The summed E-state index contributed by atoms with van der Waals surface area (Å²) >= 11 is 0. The van der Waals surface area contributed by atoms with Gasteiger partial charge in [0.1, 0.15) is 0 Å². The van der Waals surface area contributed by atoms with Gasteiger partial charge in [-0.05, 0) is 24.1 Å². The monoisotopic (exact) mass is 261 g/mol. The molecule has 0 aromatic heterocycles. The molecule has 2 amide bonds. The molecule has 1 fully saturated rings. The Hall–Kier alpha value is -2.24. The summed E-state index contributed by atoms with van der Waals surface area (Å²) in [5.74, 6) is -0.420. The lowest BCUT2D eigenvalue weighted by Gasteiger charge is -2.12. The number of halogens is 1. The molecule has 1 aliphatic carbocycles. The summed E-state index contributed by atoms with van der Waals surface area (Å²) in [6.45, 7) is -1.04. The third-order valence-corrected chi connectivity index (χ3v) is 3.35. The molecule has 1 heterocycles. The van der Waals surface area contributed by atoms with E-state index in [1.54, 1.807) is 24.3 Å². The fraction of sp³-hybridized carbons (Fsp3) is 0.308. The zero-order valence-electron chi connectivity index (χ0n) is 10.0. The molecule has 98 valence electrons. The first-order valence-corrected chi connectivity index (χ1v) is 6.02. The Morgan fingerprint density at radius 2 is 2.11 bits per heavy atom. The zero-order chi connectivity index (χ0) is 13.4. The molecule has 2 aliphatic rings. The summed E-state index contributed by atoms with van der Waals surface area (Å²) in [7, 11) is 0. The number of rotatable bonds is 3. The minimum Gasteiger partial charge on any atom is -0.324 e. The Balaban J connectivity index is 1.76. The summed E-state index contributed by atoms with van der Waals surface area (Å²) in [6.07, 6.45) is 0.838. The number of benzene rings is 1. The van der Waals surface area contributed by atoms with Gasteiger partial charge in [0.25, 0.3) is 5.91 Å². The van der Waals surface area contributed by atoms with Crippen LogP contribution in [0.15, 0.2) is 29.4 Å². The largest absolute Gasteiger partial charge is 0.324 e. The molecule has 0 radical (unpaired) electrons. The van der Waals surface area contributed by atoms with Gasteiger partial charge in [-0.15, -0.1) is 0 Å². The zero-order valence-corrected chi connectivity index (χ0v) is 10.0. The van der Waals surface area contributed by atoms with Gasteiger partial charge >= 0.3 is 0 Å². The van der Waals surface area contributed by atoms with Crippen LogP contribution in [0, 0.1) is 11.8 Å². The van der Waals surface area contributed by atoms with Crippen molar-refractivity contribution >= 4 is 23.2 Å². The molecule has 2 unspecified atom stereocenters. The van der Waals surface area contributed by atoms with Gasteiger partial charge in [0.2, 0.25) is 5.91 Å². The van der Waals surface area contributed by atoms with E-state index in [0.717, 1.165) is 17.7 Å². The minimum absolute atomic E-state index is 0.0134. The summed E-state index contributed by atoms with van der Waals surface area (Å²) in [4.78, 5) is 22.2. The molecular weight excluding hydrogens is 249 g/mol. The van der Waals surface area contributed by atoms with Crippen LogP contribution in [0.4, 0.5) is 10.1 Å². The predicted molar refractivity (Wildman–Crippen MR) is 67.3 cm³/mol. The van der Waals surface area contributed by atoms with Crippen LogP contribution in [0.1, 0.15) is 12.0 Å². The van der Waals surface area contributed by atoms with Crippen molar-refractivity contribution < 1.29 is 14.0 Å². The van der Waals surface area contributed by atoms with Crippen molar-refractivity contribution in [3.05, 3.63) is 29.8 Å². The summed E-state index contributed by atoms with van der Waals surface area (Å²) < 4.78 is 12.1. The van der Waals surface area contributed by atoms with E-state index >= 15 is 0 Å². The molecule has 19 heavy (non-hydrogen) atoms. The van der Waals surface area contributed by atoms with Crippen LogP contribution in [-0.4, -0.2) is 24.2 Å². The quantitative estimate of drug-likeness (QED) is 0.854. The van der Waals surface area contributed by atoms with Gasteiger partial charge in [-0.2, -0.15) is 5.10 Å². The smallest absolute Gasteiger partial charge is 0.255 e. The third kappa shape index (κ3) is 2.21. The number of hydrogen-bond donors (Lipinski definition) is 2. The second-order valence-electron chi connectivity index (χ2n) is 4.68. The molecule has 1 aromatic rings. The molecule has 1 saturated carbocycles. The fourth-order valence-electron chi connectivity index (χ4n) is 2.27. The predicted octanol–water partition coefficient (Wildman–Crippen LogP) is 1.06. The molecule has 5 nitrogen and oxygen atoms in total. The van der Waals surface area contributed by atoms with E-state index in [1.807, 2.05) is 0 Å². The maximum Gasteiger partial charge on any atom is 0.255 e. The summed E-state index contributed by atoms with van der Waals surface area (Å²) in [5.41, 5.74) is 4.83. The lowest BCUT2D eigenvalue weighted by molar-refractivity contribution is -0.122. The Bertz CT molecular complexity index is 568. The van der Waals surface area contributed by atoms with Gasteiger partial charge in [0, 0.05) is 17.5 Å². The van der Waals surface area contributed by atoms with Crippen LogP contribution in [0.25, 0.3) is 0 Å². The van der Waals surface area contributed by atoms with Crippen LogP contribution < -0.4 is 10.7 Å². The van der Waals surface area contributed by atoms with Gasteiger partial charge < -0.3 is 5.32 Å². The van der Waals surface area contributed by atoms with Crippen molar-refractivity contribution in [3.8, 4) is 0 Å². The van der Waals surface area contributed by atoms with Gasteiger partial charge in [0.05, 0.1) is 5.71 Å². The Morgan fingerprint density at radius 1 is 1.37 bits per heavy atom. The molecule has 0 saturated heterocycles. The van der Waals surface area contributed by atoms with E-state index in [4.69, 9.17) is 0 Å². The summed E-state index contributed by atoms with van der Waals surface area (Å²) in [5, 5.41) is 6.51. The van der Waals surface area contributed by atoms with Crippen molar-refractivity contribution in [3.63, 3.8) is 0 Å². The molecule has 6 heteroatoms. The van der Waals surface area contributed by atoms with Gasteiger partial charge in [0.15, 0.2) is 6.67 Å². The van der Waals surface area contributed by atoms with Crippen molar-refractivity contribution in [1.29, 1.82) is 0 Å². The average molecular weight is 261 g/mol. The number of nitrogens with zero attached hydrogens (tertiary/aromatic N) is 1. The Labute approximate surface area is 108 Å². The first kappa shape index (κ1) is 11.8. The lowest BCUT2D eigenvalue weighted by Crippen LogP contribution is -2.28. The number of hydrogen-bond acceptors (Lipinski definition) is 3. The molecular formula is C13H12FN3O2. The maximum atomic E-state index is 12.1. The van der Waals surface area contributed by atoms with Gasteiger partial charge in [-0.3, -0.25) is 9.59 Å². The van der Waals surface area contributed by atoms with E-state index in [2.05, 4.69) is 15.8 Å². The van der Waals surface area contributed by atoms with Crippen LogP contribution in [0.2, 0.25) is 0 Å². The number of carbonyl (C=O) groups excluding carboxylic acids is 2. The number of amides is 2. The molecule has 0 bridgehead atoms. The number of anilines is 1. The first-order valence-electron chi connectivity index (χ1n) is 6.02. The molecule has 2 atom stereocenters. The molecule has 0 spiro atoms. The highest BCUT2D eigenvalue weighted by molar-refractivity contribution is 6.09. The van der Waals surface area contributed by atoms with E-state index in [-0.39, 0.29) is 17.7 Å². The highest BCUT2D eigenvalue weighted by atomic mass is 19.1. The van der Waals surface area contributed by atoms with Crippen molar-refractivity contribution in [2.45, 2.75) is 6.42 Å². The topological polar surface area (TPSA) is 70.6 Å². The van der Waals surface area contributed by atoms with E-state index in [9.17, 15) is 14.0 Å². The number of hydrazone groups is 1. The van der Waals surface area contributed by atoms with E-state index in [0.29, 0.717) is 5.69 Å². The van der Waals surface area contributed by atoms with E-state index in [1.165, 1.54) is 0 Å². The highest BCUT2D eigenvalue weighted by Crippen LogP contribution is 2.43. The number of alkyl halides is 1. The second-order valence-corrected chi connectivity index (χ2v) is 4.68. The second kappa shape index (κ2) is 4.46. The van der Waals surface area contributed by atoms with Crippen LogP contribution in [-0.2, 0) is 9.59 Å². The fourth-order valence-corrected chi connectivity index (χ4v) is 2.27. The maximum absolute atomic E-state index is 12.1. The molecule has 1 aliphatic heterocycles. The van der Waals surface area contributed by atoms with Crippen LogP contribution in [0.3, 0.4) is 0 Å². The standard InChI is InChI=1S/C13H12FN3O2/c14-6-11(18)15-8-3-1-7(2-4-8)12-9-5-10(9)13(19)17-16-12/h1-4,9-10H,5-6H2,(H,15,18)(H,17,19). The third-order valence-electron chi connectivity index (χ3n) is 3.35. The first-order chi connectivity index (χ1) is 9.19. The Kier molecular flexibility index (Phi) is 2.77. The lowest BCUT2D eigenvalue weighted by atomic mass is 10.0.